The largest absolute Gasteiger partial charge is 0.394 e. The molecule has 0 aromatic rings. The van der Waals surface area contributed by atoms with E-state index in [9.17, 15) is 30.3 Å². The van der Waals surface area contributed by atoms with Gasteiger partial charge in [-0.2, -0.15) is 0 Å². The van der Waals surface area contributed by atoms with Crippen molar-refractivity contribution < 1.29 is 39.8 Å². The Hall–Kier alpha value is -0.810. The predicted molar refractivity (Wildman–Crippen MR) is 268 cm³/mol. The summed E-state index contributed by atoms with van der Waals surface area (Å²) in [5.74, 6) is -0.138. The lowest BCUT2D eigenvalue weighted by molar-refractivity contribution is -0.302. The van der Waals surface area contributed by atoms with E-state index in [0.29, 0.717) is 12.8 Å². The van der Waals surface area contributed by atoms with Crippen LogP contribution in [0.2, 0.25) is 0 Å². The molecule has 0 spiro atoms. The Kier molecular flexibility index (Phi) is 43.9. The number of carbonyl (C=O) groups is 1. The molecular weight excluding hydrogens is 803 g/mol. The van der Waals surface area contributed by atoms with Gasteiger partial charge in [-0.25, -0.2) is 0 Å². The Labute approximate surface area is 395 Å². The molecule has 6 N–H and O–H groups in total. The van der Waals surface area contributed by atoms with Gasteiger partial charge in [0.1, 0.15) is 24.4 Å². The van der Waals surface area contributed by atoms with Crippen LogP contribution in [0.4, 0.5) is 0 Å². The lowest BCUT2D eigenvalue weighted by atomic mass is 9.99. The van der Waals surface area contributed by atoms with Crippen molar-refractivity contribution in [3.8, 4) is 0 Å². The predicted octanol–water partition coefficient (Wildman–Crippen LogP) is 13.5. The molecule has 0 saturated carbocycles. The topological polar surface area (TPSA) is 149 Å². The van der Waals surface area contributed by atoms with Crippen molar-refractivity contribution in [2.45, 2.75) is 333 Å². The van der Waals surface area contributed by atoms with E-state index in [1.54, 1.807) is 0 Å². The van der Waals surface area contributed by atoms with Crippen LogP contribution in [0.15, 0.2) is 0 Å². The third kappa shape index (κ3) is 35.3. The molecule has 7 atom stereocenters. The summed E-state index contributed by atoms with van der Waals surface area (Å²) in [4.78, 5) is 13.0. The maximum absolute atomic E-state index is 13.0. The van der Waals surface area contributed by atoms with Gasteiger partial charge in [-0.3, -0.25) is 4.79 Å². The second-order valence-corrected chi connectivity index (χ2v) is 20.1. The maximum Gasteiger partial charge on any atom is 0.220 e. The van der Waals surface area contributed by atoms with E-state index in [0.717, 1.165) is 38.5 Å². The van der Waals surface area contributed by atoms with Crippen LogP contribution < -0.4 is 5.32 Å². The van der Waals surface area contributed by atoms with E-state index in [2.05, 4.69) is 19.2 Å². The van der Waals surface area contributed by atoms with Gasteiger partial charge >= 0.3 is 0 Å². The Morgan fingerprint density at radius 2 is 0.781 bits per heavy atom. The molecule has 9 heteroatoms. The quantitative estimate of drug-likeness (QED) is 0.0331. The molecule has 1 aliphatic rings. The maximum atomic E-state index is 13.0. The van der Waals surface area contributed by atoms with E-state index in [1.165, 1.54) is 225 Å². The zero-order valence-corrected chi connectivity index (χ0v) is 42.3. The molecule has 1 rings (SSSR count). The first-order valence-electron chi connectivity index (χ1n) is 28.2. The third-order valence-corrected chi connectivity index (χ3v) is 14.0. The molecular formula is C55H109NO8. The van der Waals surface area contributed by atoms with Crippen LogP contribution in [0.1, 0.15) is 290 Å². The van der Waals surface area contributed by atoms with Gasteiger partial charge in [-0.15, -0.1) is 0 Å². The standard InChI is InChI=1S/C55H109NO8/c1-3-5-7-9-11-13-15-17-18-19-20-21-22-23-24-25-26-27-28-29-30-31-32-33-35-37-39-41-43-45-51(59)56-48(47-63-55-54(62)53(61)52(60)50(46-57)64-55)49(58)44-42-40-38-36-34-16-14-12-10-8-6-4-2/h48-50,52-55,57-58,60-62H,3-47H2,1-2H3,(H,56,59)/t48-,49+,50+,52+,53?,54?,55+/m0/s1. The van der Waals surface area contributed by atoms with E-state index in [-0.39, 0.29) is 12.5 Å². The number of nitrogens with one attached hydrogen (secondary N) is 1. The summed E-state index contributed by atoms with van der Waals surface area (Å²) < 4.78 is 11.3. The van der Waals surface area contributed by atoms with E-state index in [1.807, 2.05) is 0 Å². The van der Waals surface area contributed by atoms with Gasteiger partial charge in [0, 0.05) is 6.42 Å². The average Bonchev–Trinajstić information content (AvgIpc) is 3.29. The fourth-order valence-electron chi connectivity index (χ4n) is 9.46. The van der Waals surface area contributed by atoms with Crippen molar-refractivity contribution >= 4 is 5.91 Å². The molecule has 9 nitrogen and oxygen atoms in total. The fraction of sp³-hybridized carbons (Fsp3) is 0.982. The number of hydrogen-bond acceptors (Lipinski definition) is 8. The number of hydrogen-bond donors (Lipinski definition) is 6. The summed E-state index contributed by atoms with van der Waals surface area (Å²) >= 11 is 0. The lowest BCUT2D eigenvalue weighted by Gasteiger charge is -2.40. The second-order valence-electron chi connectivity index (χ2n) is 20.1. The minimum atomic E-state index is -1.55. The van der Waals surface area contributed by atoms with Gasteiger partial charge in [0.05, 0.1) is 25.4 Å². The molecule has 0 aromatic heterocycles. The highest BCUT2D eigenvalue weighted by atomic mass is 16.7. The van der Waals surface area contributed by atoms with Crippen LogP contribution in [0.25, 0.3) is 0 Å². The van der Waals surface area contributed by atoms with Gasteiger partial charge < -0.3 is 40.3 Å². The van der Waals surface area contributed by atoms with Crippen molar-refractivity contribution in [3.05, 3.63) is 0 Å². The molecule has 2 unspecified atom stereocenters. The minimum absolute atomic E-state index is 0.132. The summed E-state index contributed by atoms with van der Waals surface area (Å²) in [5, 5.41) is 54.5. The first-order chi connectivity index (χ1) is 31.3. The Morgan fingerprint density at radius 1 is 0.469 bits per heavy atom. The molecule has 1 aliphatic heterocycles. The van der Waals surface area contributed by atoms with Gasteiger partial charge in [-0.1, -0.05) is 271 Å². The number of aliphatic hydroxyl groups excluding tert-OH is 5. The van der Waals surface area contributed by atoms with E-state index in [4.69, 9.17) is 9.47 Å². The molecule has 1 heterocycles. The van der Waals surface area contributed by atoms with Crippen molar-refractivity contribution in [2.75, 3.05) is 13.2 Å². The van der Waals surface area contributed by atoms with E-state index >= 15 is 0 Å². The molecule has 1 fully saturated rings. The van der Waals surface area contributed by atoms with Gasteiger partial charge in [0.15, 0.2) is 6.29 Å². The zero-order chi connectivity index (χ0) is 46.6. The molecule has 0 aliphatic carbocycles. The summed E-state index contributed by atoms with van der Waals surface area (Å²) in [6.07, 6.45) is 47.2. The summed E-state index contributed by atoms with van der Waals surface area (Å²) in [6, 6.07) is -0.712. The molecule has 1 saturated heterocycles. The van der Waals surface area contributed by atoms with Crippen LogP contribution in [0.3, 0.4) is 0 Å². The SMILES string of the molecule is CCCCCCCCCCCCCCCCCCCCCCCCCCCCCCCC(=O)N[C@@H](CO[C@@H]1O[C@H](CO)[C@@H](O)C(O)C1O)[C@H](O)CCCCCCCCCCCCCC. The number of unbranched alkanes of at least 4 members (excludes halogenated alkanes) is 39. The average molecular weight is 912 g/mol. The Morgan fingerprint density at radius 3 is 1.11 bits per heavy atom. The summed E-state index contributed by atoms with van der Waals surface area (Å²) in [7, 11) is 0. The fourth-order valence-corrected chi connectivity index (χ4v) is 9.46. The zero-order valence-electron chi connectivity index (χ0n) is 42.3. The van der Waals surface area contributed by atoms with Crippen LogP contribution in [-0.4, -0.2) is 87.5 Å². The highest BCUT2D eigenvalue weighted by molar-refractivity contribution is 5.76. The highest BCUT2D eigenvalue weighted by Gasteiger charge is 2.44. The first-order valence-corrected chi connectivity index (χ1v) is 28.2. The van der Waals surface area contributed by atoms with Gasteiger partial charge in [0.25, 0.3) is 0 Å². The van der Waals surface area contributed by atoms with Crippen molar-refractivity contribution in [1.29, 1.82) is 0 Å². The number of ether oxygens (including phenoxy) is 2. The van der Waals surface area contributed by atoms with Crippen LogP contribution >= 0.6 is 0 Å². The Balaban J connectivity index is 2.11. The minimum Gasteiger partial charge on any atom is -0.394 e. The third-order valence-electron chi connectivity index (χ3n) is 14.0. The summed E-state index contributed by atoms with van der Waals surface area (Å²) in [6.45, 7) is 3.86. The van der Waals surface area contributed by atoms with Crippen LogP contribution in [0, 0.1) is 0 Å². The van der Waals surface area contributed by atoms with Gasteiger partial charge in [-0.05, 0) is 12.8 Å². The Bertz CT molecular complexity index is 970. The molecule has 382 valence electrons. The molecule has 64 heavy (non-hydrogen) atoms. The second kappa shape index (κ2) is 45.9. The monoisotopic (exact) mass is 912 g/mol. The molecule has 0 radical (unpaired) electrons. The summed E-state index contributed by atoms with van der Waals surface area (Å²) in [5.41, 5.74) is 0. The van der Waals surface area contributed by atoms with Gasteiger partial charge in [0.2, 0.25) is 5.91 Å². The van der Waals surface area contributed by atoms with Crippen LogP contribution in [-0.2, 0) is 14.3 Å². The first kappa shape index (κ1) is 61.2. The molecule has 1 amide bonds. The number of aliphatic hydroxyl groups is 5. The number of carbonyl (C=O) groups excluding carboxylic acids is 1. The van der Waals surface area contributed by atoms with Crippen molar-refractivity contribution in [2.24, 2.45) is 0 Å². The lowest BCUT2D eigenvalue weighted by Crippen LogP contribution is -2.60. The van der Waals surface area contributed by atoms with Crippen molar-refractivity contribution in [1.82, 2.24) is 5.32 Å². The number of amides is 1. The van der Waals surface area contributed by atoms with E-state index < -0.39 is 49.5 Å². The molecule has 0 bridgehead atoms. The van der Waals surface area contributed by atoms with Crippen molar-refractivity contribution in [3.63, 3.8) is 0 Å². The highest BCUT2D eigenvalue weighted by Crippen LogP contribution is 2.23. The molecule has 0 aromatic carbocycles. The van der Waals surface area contributed by atoms with Crippen LogP contribution in [0.5, 0.6) is 0 Å². The smallest absolute Gasteiger partial charge is 0.220 e. The normalized spacial score (nSPS) is 19.9. The number of rotatable bonds is 49.